The number of unbranched alkanes of at least 4 members (excludes halogenated alkanes) is 4. The van der Waals surface area contributed by atoms with Gasteiger partial charge in [0.25, 0.3) is 0 Å². The summed E-state index contributed by atoms with van der Waals surface area (Å²) < 4.78 is 67.8. The summed E-state index contributed by atoms with van der Waals surface area (Å²) >= 11 is 0. The molecule has 4 atom stereocenters. The Morgan fingerprint density at radius 3 is 0.517 bits per heavy atom. The molecule has 118 heavy (non-hydrogen) atoms. The Labute approximate surface area is 680 Å². The Morgan fingerprint density at radius 1 is 0.203 bits per heavy atom. The first-order valence-corrected chi connectivity index (χ1v) is 38.3. The van der Waals surface area contributed by atoms with Crippen molar-refractivity contribution in [2.45, 2.75) is 101 Å². The summed E-state index contributed by atoms with van der Waals surface area (Å²) in [5, 5.41) is 20.7. The molecule has 622 valence electrons. The Bertz CT molecular complexity index is 3840. The van der Waals surface area contributed by atoms with Gasteiger partial charge in [-0.2, -0.15) is 0 Å². The van der Waals surface area contributed by atoms with Crippen molar-refractivity contribution in [3.05, 3.63) is 243 Å². The molecule has 8 aromatic rings. The topological polar surface area (TPSA) is 412 Å². The highest BCUT2D eigenvalue weighted by Crippen LogP contribution is 2.23. The summed E-state index contributed by atoms with van der Waals surface area (Å²) in [5.74, 6) is -5.68. The Hall–Kier alpha value is -14.2. The number of para-hydroxylation sites is 8. The zero-order chi connectivity index (χ0) is 83.6. The zero-order valence-electron chi connectivity index (χ0n) is 64.5. The van der Waals surface area contributed by atoms with E-state index in [1.807, 2.05) is 0 Å². The molecule has 0 aliphatic heterocycles. The SMILES string of the molecule is O=C(NCCCCC(NC(=O)Oc1ccccc1)C(=O)OCC(COC(=O)C(CCCCNC(=O)Oc1ccccc1)NC(=O)Oc1ccccc1)C(COC(=O)C(CCCCNC(=O)Oc1ccccc1)NC(=O)Oc1ccccc1)COC(=O)C(CCCCNC(=O)Oc1ccccc1)NC(=O)Oc1ccccc1)Oc1ccccc1. The number of ether oxygens (including phenoxy) is 12. The van der Waals surface area contributed by atoms with Gasteiger partial charge in [-0.3, -0.25) is 0 Å². The lowest BCUT2D eigenvalue weighted by Gasteiger charge is -2.29. The molecule has 0 heterocycles. The Morgan fingerprint density at radius 2 is 0.356 bits per heavy atom. The predicted molar refractivity (Wildman–Crippen MR) is 426 cm³/mol. The second kappa shape index (κ2) is 51.5. The fraction of sp³-hybridized carbons (Fsp3) is 0.302. The molecule has 8 rings (SSSR count). The van der Waals surface area contributed by atoms with Crippen LogP contribution < -0.4 is 80.4 Å². The number of hydrogen-bond acceptors (Lipinski definition) is 24. The molecular weight excluding hydrogens is 1530 g/mol. The second-order valence-corrected chi connectivity index (χ2v) is 26.1. The first-order chi connectivity index (χ1) is 57.5. The molecule has 0 bridgehead atoms. The highest BCUT2D eigenvalue weighted by molar-refractivity contribution is 5.85. The molecule has 8 amide bonds. The quantitative estimate of drug-likeness (QED) is 0.00998. The van der Waals surface area contributed by atoms with Gasteiger partial charge in [-0.15, -0.1) is 0 Å². The van der Waals surface area contributed by atoms with E-state index in [2.05, 4.69) is 42.5 Å². The van der Waals surface area contributed by atoms with Crippen LogP contribution in [0, 0.1) is 11.8 Å². The number of amides is 8. The van der Waals surface area contributed by atoms with Crippen LogP contribution in [-0.2, 0) is 38.1 Å². The van der Waals surface area contributed by atoms with Crippen molar-refractivity contribution in [3.8, 4) is 46.0 Å². The van der Waals surface area contributed by atoms with Crippen molar-refractivity contribution in [1.29, 1.82) is 0 Å². The van der Waals surface area contributed by atoms with Crippen LogP contribution in [0.2, 0.25) is 0 Å². The molecule has 32 heteroatoms. The molecule has 0 aromatic heterocycles. The summed E-state index contributed by atoms with van der Waals surface area (Å²) in [6.07, 6.45) is -6.41. The molecule has 4 unspecified atom stereocenters. The van der Waals surface area contributed by atoms with E-state index in [4.69, 9.17) is 56.8 Å². The van der Waals surface area contributed by atoms with Crippen LogP contribution in [0.1, 0.15) is 77.0 Å². The van der Waals surface area contributed by atoms with Crippen LogP contribution >= 0.6 is 0 Å². The molecule has 0 radical (unpaired) electrons. The second-order valence-electron chi connectivity index (χ2n) is 26.1. The zero-order valence-corrected chi connectivity index (χ0v) is 64.5. The van der Waals surface area contributed by atoms with Crippen LogP contribution in [0.3, 0.4) is 0 Å². The maximum Gasteiger partial charge on any atom is 0.413 e. The molecule has 0 fully saturated rings. The van der Waals surface area contributed by atoms with Gasteiger partial charge in [-0.1, -0.05) is 146 Å². The number of benzene rings is 8. The van der Waals surface area contributed by atoms with Crippen molar-refractivity contribution in [1.82, 2.24) is 42.5 Å². The minimum atomic E-state index is -1.51. The molecule has 0 spiro atoms. The average molecular weight is 1620 g/mol. The van der Waals surface area contributed by atoms with Crippen LogP contribution in [0.15, 0.2) is 243 Å². The van der Waals surface area contributed by atoms with Gasteiger partial charge >= 0.3 is 72.6 Å². The third-order valence-corrected chi connectivity index (χ3v) is 17.1. The molecule has 0 saturated carbocycles. The third-order valence-electron chi connectivity index (χ3n) is 17.1. The van der Waals surface area contributed by atoms with E-state index in [1.165, 1.54) is 48.5 Å². The number of nitrogens with one attached hydrogen (secondary N) is 8. The fourth-order valence-electron chi connectivity index (χ4n) is 11.0. The number of carbonyl (C=O) groups excluding carboxylic acids is 12. The van der Waals surface area contributed by atoms with Crippen LogP contribution in [-0.4, -0.2) is 149 Å². The number of esters is 4. The normalized spacial score (nSPS) is 12.1. The van der Waals surface area contributed by atoms with Crippen LogP contribution in [0.4, 0.5) is 38.4 Å². The van der Waals surface area contributed by atoms with Crippen molar-refractivity contribution >= 4 is 72.6 Å². The van der Waals surface area contributed by atoms with Gasteiger partial charge in [0.15, 0.2) is 0 Å². The van der Waals surface area contributed by atoms with E-state index in [-0.39, 0.29) is 149 Å². The first kappa shape index (κ1) is 89.4. The van der Waals surface area contributed by atoms with Crippen LogP contribution in [0.5, 0.6) is 46.0 Å². The smallest absolute Gasteiger partial charge is 0.413 e. The standard InChI is InChI=1S/C86H94N8O24/c95-75(71(91-83(103)115-67-41-17-5-18-42-67)49-25-29-53-87-79(99)111-63-33-9-1-10-34-63)107-57-61(58-108-76(96)72(92-84(104)116-68-43-19-6-20-44-68)50-26-30-54-88-80(100)112-64-35-11-2-12-36-64)62(59-109-77(97)73(93-85(105)117-69-45-21-7-22-46-69)51-27-31-55-89-81(101)113-65-37-13-3-14-38-65)60-110-78(98)74(94-86(106)118-70-47-23-8-24-48-70)52-28-32-56-90-82(102)114-66-39-15-4-16-40-66/h1-24,33-48,61-62,71-74H,25-32,49-60H2,(H,87,99)(H,88,100)(H,89,101)(H,90,102)(H,91,103)(H,92,104)(H,93,105)(H,94,106). The minimum absolute atomic E-state index is 0.0510. The molecule has 0 aliphatic carbocycles. The maximum absolute atomic E-state index is 14.8. The lowest BCUT2D eigenvalue weighted by molar-refractivity contribution is -0.161. The Kier molecular flexibility index (Phi) is 39.0. The molecule has 32 nitrogen and oxygen atoms in total. The van der Waals surface area contributed by atoms with E-state index >= 15 is 0 Å². The average Bonchev–Trinajstić information content (AvgIpc) is 0.866. The van der Waals surface area contributed by atoms with Gasteiger partial charge < -0.3 is 99.4 Å². The molecule has 8 N–H and O–H groups in total. The molecule has 0 saturated heterocycles. The van der Waals surface area contributed by atoms with Gasteiger partial charge in [0.2, 0.25) is 0 Å². The molecule has 0 aliphatic rings. The minimum Gasteiger partial charge on any atom is -0.464 e. The Balaban J connectivity index is 1.10. The number of rotatable bonds is 45. The highest BCUT2D eigenvalue weighted by Gasteiger charge is 2.35. The summed E-state index contributed by atoms with van der Waals surface area (Å²) in [6.45, 7) is -3.02. The summed E-state index contributed by atoms with van der Waals surface area (Å²) in [4.78, 5) is 165. The fourth-order valence-corrected chi connectivity index (χ4v) is 11.0. The number of carbonyl (C=O) groups is 12. The predicted octanol–water partition coefficient (Wildman–Crippen LogP) is 12.9. The summed E-state index contributed by atoms with van der Waals surface area (Å²) in [5.41, 5.74) is 0. The van der Waals surface area contributed by atoms with Crippen molar-refractivity contribution in [2.24, 2.45) is 11.8 Å². The van der Waals surface area contributed by atoms with Crippen molar-refractivity contribution in [3.63, 3.8) is 0 Å². The monoisotopic (exact) mass is 1620 g/mol. The molecule has 8 aromatic carbocycles. The maximum atomic E-state index is 14.8. The van der Waals surface area contributed by atoms with Gasteiger partial charge in [0.1, 0.15) is 70.2 Å². The number of hydrogen-bond donors (Lipinski definition) is 8. The van der Waals surface area contributed by atoms with E-state index in [0.29, 0.717) is 0 Å². The van der Waals surface area contributed by atoms with Crippen molar-refractivity contribution < 1.29 is 114 Å². The van der Waals surface area contributed by atoms with E-state index in [0.717, 1.165) is 0 Å². The van der Waals surface area contributed by atoms with E-state index < -0.39 is 135 Å². The highest BCUT2D eigenvalue weighted by atomic mass is 16.6. The summed E-state index contributed by atoms with van der Waals surface area (Å²) in [7, 11) is 0. The van der Waals surface area contributed by atoms with E-state index in [9.17, 15) is 57.5 Å². The summed E-state index contributed by atoms with van der Waals surface area (Å²) in [6, 6.07) is 58.7. The largest absolute Gasteiger partial charge is 0.464 e. The van der Waals surface area contributed by atoms with E-state index in [1.54, 1.807) is 194 Å². The van der Waals surface area contributed by atoms with Crippen molar-refractivity contribution in [2.75, 3.05) is 52.6 Å². The lowest BCUT2D eigenvalue weighted by Crippen LogP contribution is -2.47. The van der Waals surface area contributed by atoms with Gasteiger partial charge in [-0.25, -0.2) is 57.5 Å². The first-order valence-electron chi connectivity index (χ1n) is 38.3. The third kappa shape index (κ3) is 35.9. The molecular formula is C86H94N8O24. The van der Waals surface area contributed by atoms with Crippen LogP contribution in [0.25, 0.3) is 0 Å². The van der Waals surface area contributed by atoms with Gasteiger partial charge in [0, 0.05) is 38.0 Å². The lowest BCUT2D eigenvalue weighted by atomic mass is 9.94. The van der Waals surface area contributed by atoms with Gasteiger partial charge in [0.05, 0.1) is 26.4 Å². The van der Waals surface area contributed by atoms with Gasteiger partial charge in [-0.05, 0) is 174 Å².